The van der Waals surface area contributed by atoms with Crippen LogP contribution in [-0.4, -0.2) is 17.1 Å². The molecule has 0 aliphatic heterocycles. The number of nitrogens with zero attached hydrogens (tertiary/aromatic N) is 3. The fourth-order valence-corrected chi connectivity index (χ4v) is 1.63. The van der Waals surface area contributed by atoms with Crippen LogP contribution >= 0.6 is 0 Å². The van der Waals surface area contributed by atoms with Crippen molar-refractivity contribution in [2.24, 2.45) is 0 Å². The van der Waals surface area contributed by atoms with Crippen molar-refractivity contribution in [3.63, 3.8) is 0 Å². The lowest BCUT2D eigenvalue weighted by Gasteiger charge is -2.07. The molecule has 0 saturated heterocycles. The van der Waals surface area contributed by atoms with Gasteiger partial charge < -0.3 is 15.2 Å². The number of anilines is 1. The Kier molecular flexibility index (Phi) is 4.47. The van der Waals surface area contributed by atoms with Crippen LogP contribution in [0.25, 0.3) is 0 Å². The fourth-order valence-electron chi connectivity index (χ4n) is 1.63. The van der Waals surface area contributed by atoms with Gasteiger partial charge in [0.15, 0.2) is 5.82 Å². The van der Waals surface area contributed by atoms with Crippen molar-refractivity contribution in [1.29, 1.82) is 5.26 Å². The molecule has 0 bridgehead atoms. The van der Waals surface area contributed by atoms with Crippen molar-refractivity contribution in [3.05, 3.63) is 41.7 Å². The van der Waals surface area contributed by atoms with E-state index in [1.165, 1.54) is 0 Å². The molecule has 0 amide bonds. The first kappa shape index (κ1) is 13.8. The number of benzene rings is 1. The van der Waals surface area contributed by atoms with E-state index < -0.39 is 0 Å². The van der Waals surface area contributed by atoms with E-state index in [1.54, 1.807) is 25.3 Å². The van der Waals surface area contributed by atoms with Crippen LogP contribution in [0.3, 0.4) is 0 Å². The van der Waals surface area contributed by atoms with Gasteiger partial charge in [-0.1, -0.05) is 12.1 Å². The highest BCUT2D eigenvalue weighted by molar-refractivity contribution is 5.36. The van der Waals surface area contributed by atoms with Crippen molar-refractivity contribution in [2.45, 2.75) is 13.0 Å². The number of nitriles is 1. The van der Waals surface area contributed by atoms with E-state index in [2.05, 4.69) is 16.0 Å². The Morgan fingerprint density at radius 2 is 2.00 bits per heavy atom. The third-order valence-corrected chi connectivity index (χ3v) is 2.47. The van der Waals surface area contributed by atoms with E-state index in [1.807, 2.05) is 12.1 Å². The molecule has 0 radical (unpaired) electrons. The predicted molar refractivity (Wildman–Crippen MR) is 73.0 cm³/mol. The van der Waals surface area contributed by atoms with Gasteiger partial charge in [-0.2, -0.15) is 10.2 Å². The minimum absolute atomic E-state index is 0.266. The third-order valence-electron chi connectivity index (χ3n) is 2.47. The lowest BCUT2D eigenvalue weighted by Crippen LogP contribution is -2.02. The molecule has 0 aliphatic carbocycles. The lowest BCUT2D eigenvalue weighted by molar-refractivity contribution is 0.177. The topological polar surface area (TPSA) is 94.0 Å². The van der Waals surface area contributed by atoms with Gasteiger partial charge in [0, 0.05) is 13.2 Å². The molecule has 0 fully saturated rings. The van der Waals surface area contributed by atoms with Crippen LogP contribution in [0.5, 0.6) is 11.6 Å². The Labute approximate surface area is 116 Å². The molecule has 0 unspecified atom stereocenters. The molecule has 1 aromatic carbocycles. The Morgan fingerprint density at radius 3 is 2.65 bits per heavy atom. The molecule has 0 spiro atoms. The summed E-state index contributed by atoms with van der Waals surface area (Å²) in [6, 6.07) is 10.9. The second-order valence-electron chi connectivity index (χ2n) is 4.06. The summed E-state index contributed by atoms with van der Waals surface area (Å²) in [5, 5.41) is 8.61. The summed E-state index contributed by atoms with van der Waals surface area (Å²) in [4.78, 5) is 8.22. The zero-order valence-electron chi connectivity index (χ0n) is 11.0. The van der Waals surface area contributed by atoms with Gasteiger partial charge >= 0.3 is 0 Å². The fraction of sp³-hybridized carbons (Fsp3) is 0.214. The molecule has 0 atom stereocenters. The summed E-state index contributed by atoms with van der Waals surface area (Å²) in [5.74, 6) is 1.76. The number of rotatable bonds is 5. The van der Waals surface area contributed by atoms with Crippen molar-refractivity contribution >= 4 is 5.82 Å². The molecule has 6 nitrogen and oxygen atoms in total. The van der Waals surface area contributed by atoms with Gasteiger partial charge in [0.25, 0.3) is 0 Å². The first-order valence-corrected chi connectivity index (χ1v) is 5.97. The highest BCUT2D eigenvalue weighted by atomic mass is 16.5. The van der Waals surface area contributed by atoms with Gasteiger partial charge in [-0.25, -0.2) is 4.98 Å². The maximum absolute atomic E-state index is 8.61. The Morgan fingerprint density at radius 1 is 1.25 bits per heavy atom. The monoisotopic (exact) mass is 270 g/mol. The number of aromatic nitrogens is 2. The van der Waals surface area contributed by atoms with Crippen molar-refractivity contribution < 1.29 is 9.47 Å². The Balaban J connectivity index is 2.14. The highest BCUT2D eigenvalue weighted by Crippen LogP contribution is 2.21. The van der Waals surface area contributed by atoms with Crippen molar-refractivity contribution in [1.82, 2.24) is 9.97 Å². The quantitative estimate of drug-likeness (QED) is 0.893. The Bertz CT molecular complexity index is 620. The molecule has 102 valence electrons. The second-order valence-corrected chi connectivity index (χ2v) is 4.06. The molecule has 0 aliphatic rings. The smallest absolute Gasteiger partial charge is 0.224 e. The molecule has 2 aromatic rings. The maximum Gasteiger partial charge on any atom is 0.224 e. The summed E-state index contributed by atoms with van der Waals surface area (Å²) in [6.45, 7) is 0.266. The number of nitrogens with two attached hydrogens (primary N) is 1. The molecule has 6 heteroatoms. The zero-order chi connectivity index (χ0) is 14.4. The van der Waals surface area contributed by atoms with Gasteiger partial charge in [0.05, 0.1) is 12.5 Å². The molecular formula is C14H14N4O2. The standard InChI is InChI=1S/C14H14N4O2/c1-19-9-13-17-12(16)8-14(18-13)20-11-4-2-10(3-5-11)6-7-15/h2-5,8H,6,9H2,1H3,(H2,16,17,18). The summed E-state index contributed by atoms with van der Waals surface area (Å²) in [5.41, 5.74) is 6.62. The highest BCUT2D eigenvalue weighted by Gasteiger charge is 2.05. The van der Waals surface area contributed by atoms with Gasteiger partial charge in [-0.05, 0) is 17.7 Å². The van der Waals surface area contributed by atoms with Gasteiger partial charge in [0.2, 0.25) is 5.88 Å². The molecule has 2 rings (SSSR count). The van der Waals surface area contributed by atoms with Crippen molar-refractivity contribution in [2.75, 3.05) is 12.8 Å². The molecule has 1 aromatic heterocycles. The largest absolute Gasteiger partial charge is 0.439 e. The number of hydrogen-bond acceptors (Lipinski definition) is 6. The molecule has 20 heavy (non-hydrogen) atoms. The van der Waals surface area contributed by atoms with E-state index in [0.29, 0.717) is 29.7 Å². The van der Waals surface area contributed by atoms with E-state index in [9.17, 15) is 0 Å². The zero-order valence-corrected chi connectivity index (χ0v) is 11.0. The van der Waals surface area contributed by atoms with E-state index >= 15 is 0 Å². The third kappa shape index (κ3) is 3.67. The summed E-state index contributed by atoms with van der Waals surface area (Å²) >= 11 is 0. The average molecular weight is 270 g/mol. The summed E-state index contributed by atoms with van der Waals surface area (Å²) < 4.78 is 10.6. The first-order chi connectivity index (χ1) is 9.71. The summed E-state index contributed by atoms with van der Waals surface area (Å²) in [6.07, 6.45) is 0.374. The second kappa shape index (κ2) is 6.50. The maximum atomic E-state index is 8.61. The molecule has 1 heterocycles. The first-order valence-electron chi connectivity index (χ1n) is 5.97. The number of nitrogen functional groups attached to an aromatic ring is 1. The van der Waals surface area contributed by atoms with Crippen LogP contribution in [0, 0.1) is 11.3 Å². The lowest BCUT2D eigenvalue weighted by atomic mass is 10.2. The van der Waals surface area contributed by atoms with Crippen LogP contribution in [-0.2, 0) is 17.8 Å². The van der Waals surface area contributed by atoms with Crippen LogP contribution in [0.4, 0.5) is 5.82 Å². The van der Waals surface area contributed by atoms with E-state index in [-0.39, 0.29) is 6.61 Å². The predicted octanol–water partition coefficient (Wildman–Crippen LogP) is 2.06. The van der Waals surface area contributed by atoms with Gasteiger partial charge in [-0.3, -0.25) is 0 Å². The number of methoxy groups -OCH3 is 1. The van der Waals surface area contributed by atoms with Crippen LogP contribution in [0.1, 0.15) is 11.4 Å². The van der Waals surface area contributed by atoms with Crippen LogP contribution in [0.2, 0.25) is 0 Å². The summed E-state index contributed by atoms with van der Waals surface area (Å²) in [7, 11) is 1.56. The van der Waals surface area contributed by atoms with Gasteiger partial charge in [0.1, 0.15) is 18.2 Å². The SMILES string of the molecule is COCc1nc(N)cc(Oc2ccc(CC#N)cc2)n1. The number of hydrogen-bond donors (Lipinski definition) is 1. The van der Waals surface area contributed by atoms with Crippen LogP contribution < -0.4 is 10.5 Å². The Hall–Kier alpha value is -2.65. The molecule has 2 N–H and O–H groups in total. The van der Waals surface area contributed by atoms with E-state index in [0.717, 1.165) is 5.56 Å². The van der Waals surface area contributed by atoms with Crippen molar-refractivity contribution in [3.8, 4) is 17.7 Å². The van der Waals surface area contributed by atoms with Gasteiger partial charge in [-0.15, -0.1) is 0 Å². The molecular weight excluding hydrogens is 256 g/mol. The van der Waals surface area contributed by atoms with E-state index in [4.69, 9.17) is 20.5 Å². The van der Waals surface area contributed by atoms with Crippen LogP contribution in [0.15, 0.2) is 30.3 Å². The average Bonchev–Trinajstić information content (AvgIpc) is 2.41. The minimum Gasteiger partial charge on any atom is -0.439 e. The normalized spacial score (nSPS) is 10.0. The minimum atomic E-state index is 0.266. The number of ether oxygens (including phenoxy) is 2. The molecule has 0 saturated carbocycles.